The molecule has 1 aliphatic rings. The average Bonchev–Trinajstić information content (AvgIpc) is 2.47. The van der Waals surface area contributed by atoms with Crippen LogP contribution in [-0.2, 0) is 4.74 Å². The first-order chi connectivity index (χ1) is 5.74. The molecule has 2 atom stereocenters. The van der Waals surface area contributed by atoms with Crippen molar-refractivity contribution in [2.24, 2.45) is 0 Å². The number of ether oxygens (including phenoxy) is 1. The molecule has 3 heteroatoms. The molecule has 1 rings (SSSR count). The smallest absolute Gasteiger partial charge is 0.0997 e. The van der Waals surface area contributed by atoms with E-state index in [4.69, 9.17) is 4.74 Å². The van der Waals surface area contributed by atoms with Gasteiger partial charge >= 0.3 is 0 Å². The lowest BCUT2D eigenvalue weighted by atomic mass is 10.2. The Morgan fingerprint density at radius 1 is 1.67 bits per heavy atom. The number of nitrogens with zero attached hydrogens (tertiary/aromatic N) is 1. The molecular formula is C9H19NOS. The minimum atomic E-state index is 0.346. The van der Waals surface area contributed by atoms with Crippen LogP contribution < -0.4 is 0 Å². The van der Waals surface area contributed by atoms with Crippen LogP contribution in [0, 0.1) is 0 Å². The second-order valence-electron chi connectivity index (χ2n) is 3.41. The van der Waals surface area contributed by atoms with Gasteiger partial charge in [0, 0.05) is 6.04 Å². The molecule has 0 aromatic rings. The summed E-state index contributed by atoms with van der Waals surface area (Å²) in [6, 6.07) is 0.666. The Labute approximate surface area is 79.6 Å². The zero-order valence-electron chi connectivity index (χ0n) is 8.25. The van der Waals surface area contributed by atoms with E-state index in [1.807, 2.05) is 0 Å². The number of likely N-dealkylation sites (tertiary alicyclic amines) is 1. The van der Waals surface area contributed by atoms with Crippen molar-refractivity contribution in [2.75, 3.05) is 26.5 Å². The summed E-state index contributed by atoms with van der Waals surface area (Å²) in [6.45, 7) is 4.25. The van der Waals surface area contributed by atoms with E-state index in [9.17, 15) is 0 Å². The molecule has 0 spiro atoms. The van der Waals surface area contributed by atoms with Crippen LogP contribution in [0.3, 0.4) is 0 Å². The van der Waals surface area contributed by atoms with Crippen LogP contribution in [0.15, 0.2) is 0 Å². The molecule has 1 heterocycles. The van der Waals surface area contributed by atoms with Gasteiger partial charge in [0.1, 0.15) is 0 Å². The molecule has 0 aliphatic carbocycles. The molecule has 0 N–H and O–H groups in total. The third-order valence-corrected chi connectivity index (χ3v) is 3.33. The summed E-state index contributed by atoms with van der Waals surface area (Å²) in [6.07, 6.45) is 4.72. The predicted molar refractivity (Wildman–Crippen MR) is 54.6 cm³/mol. The van der Waals surface area contributed by atoms with Crippen LogP contribution in [0.2, 0.25) is 0 Å². The molecule has 0 amide bonds. The van der Waals surface area contributed by atoms with E-state index in [1.54, 1.807) is 11.8 Å². The molecule has 0 aromatic carbocycles. The molecule has 1 unspecified atom stereocenters. The largest absolute Gasteiger partial charge is 0.366 e. The molecule has 1 fully saturated rings. The monoisotopic (exact) mass is 189 g/mol. The van der Waals surface area contributed by atoms with Crippen molar-refractivity contribution in [3.8, 4) is 0 Å². The Morgan fingerprint density at radius 3 is 2.92 bits per heavy atom. The Morgan fingerprint density at radius 2 is 2.42 bits per heavy atom. The number of hydrogen-bond acceptors (Lipinski definition) is 3. The third-order valence-electron chi connectivity index (χ3n) is 2.53. The van der Waals surface area contributed by atoms with Crippen molar-refractivity contribution < 1.29 is 4.74 Å². The maximum Gasteiger partial charge on any atom is 0.0997 e. The SMILES string of the molecule is CSC(C)OC[C@@H]1CCCN1C. The highest BCUT2D eigenvalue weighted by atomic mass is 32.2. The van der Waals surface area contributed by atoms with Crippen LogP contribution in [-0.4, -0.2) is 42.8 Å². The van der Waals surface area contributed by atoms with E-state index in [-0.39, 0.29) is 0 Å². The van der Waals surface area contributed by atoms with Gasteiger partial charge in [0.15, 0.2) is 0 Å². The molecule has 1 aliphatic heterocycles. The minimum Gasteiger partial charge on any atom is -0.366 e. The van der Waals surface area contributed by atoms with Crippen molar-refractivity contribution >= 4 is 11.8 Å². The van der Waals surface area contributed by atoms with Crippen LogP contribution in [0.4, 0.5) is 0 Å². The van der Waals surface area contributed by atoms with Crippen LogP contribution in [0.1, 0.15) is 19.8 Å². The van der Waals surface area contributed by atoms with Crippen LogP contribution in [0.25, 0.3) is 0 Å². The summed E-state index contributed by atoms with van der Waals surface area (Å²) in [7, 11) is 2.19. The van der Waals surface area contributed by atoms with Crippen LogP contribution in [0.5, 0.6) is 0 Å². The van der Waals surface area contributed by atoms with E-state index in [0.29, 0.717) is 11.5 Å². The van der Waals surface area contributed by atoms with Gasteiger partial charge in [-0.15, -0.1) is 11.8 Å². The molecule has 0 aromatic heterocycles. The summed E-state index contributed by atoms with van der Waals surface area (Å²) in [5.74, 6) is 0. The summed E-state index contributed by atoms with van der Waals surface area (Å²) in [5, 5.41) is 0. The molecule has 0 bridgehead atoms. The Kier molecular flexibility index (Phi) is 4.40. The highest BCUT2D eigenvalue weighted by molar-refractivity contribution is 7.99. The molecular weight excluding hydrogens is 170 g/mol. The van der Waals surface area contributed by atoms with Crippen molar-refractivity contribution in [2.45, 2.75) is 31.2 Å². The number of hydrogen-bond donors (Lipinski definition) is 0. The van der Waals surface area contributed by atoms with Gasteiger partial charge < -0.3 is 9.64 Å². The molecule has 72 valence electrons. The van der Waals surface area contributed by atoms with Gasteiger partial charge in [0.05, 0.1) is 12.0 Å². The number of thioether (sulfide) groups is 1. The quantitative estimate of drug-likeness (QED) is 0.626. The van der Waals surface area contributed by atoms with Crippen LogP contribution >= 0.6 is 11.8 Å². The lowest BCUT2D eigenvalue weighted by Crippen LogP contribution is -2.30. The second-order valence-corrected chi connectivity index (χ2v) is 4.55. The topological polar surface area (TPSA) is 12.5 Å². The third kappa shape index (κ3) is 2.96. The lowest BCUT2D eigenvalue weighted by Gasteiger charge is -2.20. The first-order valence-electron chi connectivity index (χ1n) is 4.58. The fourth-order valence-corrected chi connectivity index (χ4v) is 1.72. The zero-order valence-corrected chi connectivity index (χ0v) is 9.06. The molecule has 12 heavy (non-hydrogen) atoms. The Bertz CT molecular complexity index is 132. The molecule has 0 radical (unpaired) electrons. The maximum absolute atomic E-state index is 5.67. The van der Waals surface area contributed by atoms with Gasteiger partial charge in [-0.05, 0) is 39.6 Å². The van der Waals surface area contributed by atoms with Gasteiger partial charge in [0.2, 0.25) is 0 Å². The van der Waals surface area contributed by atoms with Gasteiger partial charge in [-0.3, -0.25) is 0 Å². The second kappa shape index (κ2) is 5.10. The van der Waals surface area contributed by atoms with Gasteiger partial charge in [0.25, 0.3) is 0 Å². The first kappa shape index (κ1) is 10.4. The Balaban J connectivity index is 2.13. The van der Waals surface area contributed by atoms with Gasteiger partial charge in [-0.1, -0.05) is 0 Å². The standard InChI is InChI=1S/C9H19NOS/c1-8(12-3)11-7-9-5-4-6-10(9)2/h8-9H,4-7H2,1-3H3/t8?,9-/m0/s1. The van der Waals surface area contributed by atoms with Gasteiger partial charge in [-0.25, -0.2) is 0 Å². The minimum absolute atomic E-state index is 0.346. The van der Waals surface area contributed by atoms with E-state index < -0.39 is 0 Å². The molecule has 0 saturated carbocycles. The fourth-order valence-electron chi connectivity index (χ4n) is 1.50. The van der Waals surface area contributed by atoms with Crippen molar-refractivity contribution in [3.63, 3.8) is 0 Å². The molecule has 2 nitrogen and oxygen atoms in total. The summed E-state index contributed by atoms with van der Waals surface area (Å²) in [4.78, 5) is 2.40. The first-order valence-corrected chi connectivity index (χ1v) is 5.87. The Hall–Kier alpha value is 0.270. The highest BCUT2D eigenvalue weighted by Crippen LogP contribution is 2.16. The van der Waals surface area contributed by atoms with Crippen molar-refractivity contribution in [3.05, 3.63) is 0 Å². The van der Waals surface area contributed by atoms with E-state index in [0.717, 1.165) is 6.61 Å². The van der Waals surface area contributed by atoms with Gasteiger partial charge in [-0.2, -0.15) is 0 Å². The average molecular weight is 189 g/mol. The number of rotatable bonds is 4. The number of likely N-dealkylation sites (N-methyl/N-ethyl adjacent to an activating group) is 1. The molecule has 1 saturated heterocycles. The highest BCUT2D eigenvalue weighted by Gasteiger charge is 2.21. The zero-order chi connectivity index (χ0) is 8.97. The maximum atomic E-state index is 5.67. The van der Waals surface area contributed by atoms with Crippen molar-refractivity contribution in [1.82, 2.24) is 4.90 Å². The normalized spacial score (nSPS) is 27.8. The fraction of sp³-hybridized carbons (Fsp3) is 1.00. The van der Waals surface area contributed by atoms with E-state index in [1.165, 1.54) is 19.4 Å². The summed E-state index contributed by atoms with van der Waals surface area (Å²) in [5.41, 5.74) is 0.346. The van der Waals surface area contributed by atoms with Crippen molar-refractivity contribution in [1.29, 1.82) is 0 Å². The summed E-state index contributed by atoms with van der Waals surface area (Å²) < 4.78 is 5.67. The predicted octanol–water partition coefficient (Wildman–Crippen LogP) is 1.81. The lowest BCUT2D eigenvalue weighted by molar-refractivity contribution is 0.0778. The van der Waals surface area contributed by atoms with E-state index in [2.05, 4.69) is 25.1 Å². The summed E-state index contributed by atoms with van der Waals surface area (Å²) >= 11 is 1.77. The van der Waals surface area contributed by atoms with E-state index >= 15 is 0 Å².